The standard InChI is InChI=1S/C12H17NO/c14-12(8-10-4-3-5-10)9-11-6-1-2-7-13-11/h1-2,6-7,10,12,14H,3-5,8-9H2. The van der Waals surface area contributed by atoms with Gasteiger partial charge in [-0.15, -0.1) is 0 Å². The van der Waals surface area contributed by atoms with Crippen LogP contribution < -0.4 is 0 Å². The van der Waals surface area contributed by atoms with Gasteiger partial charge in [0.2, 0.25) is 0 Å². The number of nitrogens with zero attached hydrogens (tertiary/aromatic N) is 1. The van der Waals surface area contributed by atoms with Gasteiger partial charge in [0.1, 0.15) is 0 Å². The Bertz CT molecular complexity index is 269. The Morgan fingerprint density at radius 2 is 2.29 bits per heavy atom. The first-order valence-electron chi connectivity index (χ1n) is 5.42. The van der Waals surface area contributed by atoms with Crippen LogP contribution in [0.4, 0.5) is 0 Å². The Balaban J connectivity index is 1.79. The minimum Gasteiger partial charge on any atom is -0.393 e. The molecule has 2 rings (SSSR count). The Morgan fingerprint density at radius 1 is 1.43 bits per heavy atom. The van der Waals surface area contributed by atoms with Crippen LogP contribution in [0.2, 0.25) is 0 Å². The highest BCUT2D eigenvalue weighted by atomic mass is 16.3. The molecule has 1 fully saturated rings. The predicted octanol–water partition coefficient (Wildman–Crippen LogP) is 2.18. The average Bonchev–Trinajstić information content (AvgIpc) is 2.13. The van der Waals surface area contributed by atoms with Crippen molar-refractivity contribution in [3.63, 3.8) is 0 Å². The Kier molecular flexibility index (Phi) is 3.14. The molecule has 0 aromatic carbocycles. The van der Waals surface area contributed by atoms with Crippen LogP contribution in [0.1, 0.15) is 31.4 Å². The maximum absolute atomic E-state index is 9.80. The van der Waals surface area contributed by atoms with Gasteiger partial charge in [-0.3, -0.25) is 4.98 Å². The van der Waals surface area contributed by atoms with E-state index >= 15 is 0 Å². The zero-order valence-corrected chi connectivity index (χ0v) is 8.39. The van der Waals surface area contributed by atoms with Gasteiger partial charge in [0, 0.05) is 18.3 Å². The van der Waals surface area contributed by atoms with Gasteiger partial charge >= 0.3 is 0 Å². The lowest BCUT2D eigenvalue weighted by Gasteiger charge is -2.27. The average molecular weight is 191 g/mol. The van der Waals surface area contributed by atoms with Crippen LogP contribution in [0.25, 0.3) is 0 Å². The van der Waals surface area contributed by atoms with E-state index in [1.807, 2.05) is 18.2 Å². The summed E-state index contributed by atoms with van der Waals surface area (Å²) in [5.41, 5.74) is 0.999. The van der Waals surface area contributed by atoms with Crippen LogP contribution in [-0.4, -0.2) is 16.2 Å². The summed E-state index contributed by atoms with van der Waals surface area (Å²) < 4.78 is 0. The fourth-order valence-electron chi connectivity index (χ4n) is 1.96. The SMILES string of the molecule is OC(Cc1ccccn1)CC1CCC1. The van der Waals surface area contributed by atoms with Crippen LogP contribution in [0.15, 0.2) is 24.4 Å². The molecule has 14 heavy (non-hydrogen) atoms. The molecule has 1 aromatic heterocycles. The predicted molar refractivity (Wildman–Crippen MR) is 55.9 cm³/mol. The summed E-state index contributed by atoms with van der Waals surface area (Å²) in [6, 6.07) is 5.85. The molecule has 0 amide bonds. The molecule has 1 aliphatic carbocycles. The summed E-state index contributed by atoms with van der Waals surface area (Å²) >= 11 is 0. The van der Waals surface area contributed by atoms with Gasteiger partial charge in [0.25, 0.3) is 0 Å². The molecule has 76 valence electrons. The van der Waals surface area contributed by atoms with E-state index in [-0.39, 0.29) is 6.10 Å². The maximum Gasteiger partial charge on any atom is 0.0598 e. The lowest BCUT2D eigenvalue weighted by molar-refractivity contribution is 0.117. The molecule has 0 radical (unpaired) electrons. The van der Waals surface area contributed by atoms with Crippen LogP contribution in [0.3, 0.4) is 0 Å². The first-order chi connectivity index (χ1) is 6.84. The Morgan fingerprint density at radius 3 is 2.86 bits per heavy atom. The lowest BCUT2D eigenvalue weighted by atomic mass is 9.81. The van der Waals surface area contributed by atoms with Gasteiger partial charge in [0.15, 0.2) is 0 Å². The number of hydrogen-bond donors (Lipinski definition) is 1. The van der Waals surface area contributed by atoms with Gasteiger partial charge in [0.05, 0.1) is 6.10 Å². The second kappa shape index (κ2) is 4.56. The van der Waals surface area contributed by atoms with Crippen molar-refractivity contribution in [2.45, 2.75) is 38.2 Å². The van der Waals surface area contributed by atoms with Crippen molar-refractivity contribution < 1.29 is 5.11 Å². The Labute approximate surface area is 85.0 Å². The number of aromatic nitrogens is 1. The van der Waals surface area contributed by atoms with Crippen molar-refractivity contribution in [1.29, 1.82) is 0 Å². The van der Waals surface area contributed by atoms with Gasteiger partial charge < -0.3 is 5.11 Å². The van der Waals surface area contributed by atoms with Crippen molar-refractivity contribution in [2.24, 2.45) is 5.92 Å². The van der Waals surface area contributed by atoms with Crippen molar-refractivity contribution in [2.75, 3.05) is 0 Å². The quantitative estimate of drug-likeness (QED) is 0.791. The van der Waals surface area contributed by atoms with Crippen molar-refractivity contribution >= 4 is 0 Å². The van der Waals surface area contributed by atoms with E-state index in [1.54, 1.807) is 6.20 Å². The number of aliphatic hydroxyl groups is 1. The molecule has 0 spiro atoms. The number of rotatable bonds is 4. The van der Waals surface area contributed by atoms with E-state index in [9.17, 15) is 5.11 Å². The van der Waals surface area contributed by atoms with Gasteiger partial charge in [-0.2, -0.15) is 0 Å². The van der Waals surface area contributed by atoms with E-state index in [2.05, 4.69) is 4.98 Å². The van der Waals surface area contributed by atoms with E-state index in [4.69, 9.17) is 0 Å². The summed E-state index contributed by atoms with van der Waals surface area (Å²) in [6.07, 6.45) is 7.20. The molecule has 1 aromatic rings. The third-order valence-electron chi connectivity index (χ3n) is 3.00. The largest absolute Gasteiger partial charge is 0.393 e. The molecule has 1 N–H and O–H groups in total. The molecule has 0 saturated heterocycles. The lowest BCUT2D eigenvalue weighted by Crippen LogP contribution is -2.21. The molecule has 1 unspecified atom stereocenters. The molecular formula is C12H17NO. The molecule has 2 heteroatoms. The molecule has 0 aliphatic heterocycles. The molecule has 1 heterocycles. The summed E-state index contributed by atoms with van der Waals surface area (Å²) in [4.78, 5) is 4.21. The van der Waals surface area contributed by atoms with Crippen LogP contribution >= 0.6 is 0 Å². The zero-order chi connectivity index (χ0) is 9.80. The molecule has 1 aliphatic rings. The van der Waals surface area contributed by atoms with E-state index in [0.29, 0.717) is 6.42 Å². The molecule has 1 atom stereocenters. The van der Waals surface area contributed by atoms with E-state index in [0.717, 1.165) is 18.0 Å². The smallest absolute Gasteiger partial charge is 0.0598 e. The third kappa shape index (κ3) is 2.55. The highest BCUT2D eigenvalue weighted by Gasteiger charge is 2.20. The molecule has 1 saturated carbocycles. The van der Waals surface area contributed by atoms with E-state index < -0.39 is 0 Å². The summed E-state index contributed by atoms with van der Waals surface area (Å²) in [5, 5.41) is 9.80. The van der Waals surface area contributed by atoms with Crippen LogP contribution in [-0.2, 0) is 6.42 Å². The number of pyridine rings is 1. The first-order valence-corrected chi connectivity index (χ1v) is 5.42. The first kappa shape index (κ1) is 9.66. The highest BCUT2D eigenvalue weighted by Crippen LogP contribution is 2.30. The summed E-state index contributed by atoms with van der Waals surface area (Å²) in [6.45, 7) is 0. The highest BCUT2D eigenvalue weighted by molar-refractivity contribution is 5.04. The van der Waals surface area contributed by atoms with Gasteiger partial charge in [-0.05, 0) is 24.5 Å². The fraction of sp³-hybridized carbons (Fsp3) is 0.583. The number of aliphatic hydroxyl groups excluding tert-OH is 1. The second-order valence-electron chi connectivity index (χ2n) is 4.21. The maximum atomic E-state index is 9.80. The van der Waals surface area contributed by atoms with E-state index in [1.165, 1.54) is 19.3 Å². The summed E-state index contributed by atoms with van der Waals surface area (Å²) in [5.74, 6) is 0.772. The minimum absolute atomic E-state index is 0.199. The fourth-order valence-corrected chi connectivity index (χ4v) is 1.96. The third-order valence-corrected chi connectivity index (χ3v) is 3.00. The van der Waals surface area contributed by atoms with Crippen molar-refractivity contribution in [3.8, 4) is 0 Å². The molecule has 2 nitrogen and oxygen atoms in total. The zero-order valence-electron chi connectivity index (χ0n) is 8.39. The van der Waals surface area contributed by atoms with Crippen molar-refractivity contribution in [1.82, 2.24) is 4.98 Å². The summed E-state index contributed by atoms with van der Waals surface area (Å²) in [7, 11) is 0. The Hall–Kier alpha value is -0.890. The van der Waals surface area contributed by atoms with Gasteiger partial charge in [-0.25, -0.2) is 0 Å². The van der Waals surface area contributed by atoms with Crippen LogP contribution in [0, 0.1) is 5.92 Å². The topological polar surface area (TPSA) is 33.1 Å². The molecule has 0 bridgehead atoms. The second-order valence-corrected chi connectivity index (χ2v) is 4.21. The van der Waals surface area contributed by atoms with Crippen molar-refractivity contribution in [3.05, 3.63) is 30.1 Å². The number of hydrogen-bond acceptors (Lipinski definition) is 2. The van der Waals surface area contributed by atoms with Gasteiger partial charge in [-0.1, -0.05) is 25.3 Å². The molecular weight excluding hydrogens is 174 g/mol. The minimum atomic E-state index is -0.199. The van der Waals surface area contributed by atoms with Crippen LogP contribution in [0.5, 0.6) is 0 Å². The normalized spacial score (nSPS) is 18.9. The monoisotopic (exact) mass is 191 g/mol.